The fraction of sp³-hybridized carbons (Fsp3) is 0.953. The number of hydrogen-bond acceptors (Lipinski definition) is 15. The molecule has 0 fully saturated rings. The van der Waals surface area contributed by atoms with E-state index in [0.29, 0.717) is 25.7 Å². The van der Waals surface area contributed by atoms with E-state index in [1.54, 1.807) is 0 Å². The summed E-state index contributed by atoms with van der Waals surface area (Å²) < 4.78 is 68.9. The Bertz CT molecular complexity index is 2010. The van der Waals surface area contributed by atoms with Crippen LogP contribution in [0.3, 0.4) is 0 Å². The molecule has 0 aromatic carbocycles. The van der Waals surface area contributed by atoms with Gasteiger partial charge < -0.3 is 33.8 Å². The molecule has 0 aliphatic heterocycles. The summed E-state index contributed by atoms with van der Waals surface area (Å²) in [6, 6.07) is 0. The van der Waals surface area contributed by atoms with E-state index in [4.69, 9.17) is 37.0 Å². The van der Waals surface area contributed by atoms with Crippen molar-refractivity contribution in [1.29, 1.82) is 0 Å². The number of rotatable bonds is 83. The van der Waals surface area contributed by atoms with Crippen LogP contribution in [0.25, 0.3) is 0 Å². The van der Waals surface area contributed by atoms with Gasteiger partial charge in [0.1, 0.15) is 19.3 Å². The van der Waals surface area contributed by atoms with E-state index in [9.17, 15) is 43.2 Å². The summed E-state index contributed by atoms with van der Waals surface area (Å²) in [6.07, 6.45) is 65.3. The topological polar surface area (TPSA) is 237 Å². The molecule has 104 heavy (non-hydrogen) atoms. The molecule has 0 bridgehead atoms. The van der Waals surface area contributed by atoms with E-state index in [1.165, 1.54) is 250 Å². The molecular weight excluding hydrogens is 1350 g/mol. The highest BCUT2D eigenvalue weighted by Crippen LogP contribution is 2.45. The van der Waals surface area contributed by atoms with Gasteiger partial charge in [-0.2, -0.15) is 0 Å². The fourth-order valence-corrected chi connectivity index (χ4v) is 14.7. The number of unbranched alkanes of at least 4 members (excludes halogenated alkanes) is 50. The van der Waals surface area contributed by atoms with Gasteiger partial charge in [-0.05, 0) is 43.4 Å². The summed E-state index contributed by atoms with van der Waals surface area (Å²) in [4.78, 5) is 73.2. The smallest absolute Gasteiger partial charge is 0.462 e. The molecule has 0 heterocycles. The zero-order valence-corrected chi connectivity index (χ0v) is 70.3. The van der Waals surface area contributed by atoms with Crippen LogP contribution in [0.4, 0.5) is 0 Å². The second-order valence-electron chi connectivity index (χ2n) is 31.8. The van der Waals surface area contributed by atoms with Gasteiger partial charge in [0, 0.05) is 25.7 Å². The molecule has 3 N–H and O–H groups in total. The van der Waals surface area contributed by atoms with Gasteiger partial charge >= 0.3 is 39.5 Å². The minimum Gasteiger partial charge on any atom is -0.462 e. The fourth-order valence-electron chi connectivity index (χ4n) is 13.2. The molecular formula is C85H166O17P2. The van der Waals surface area contributed by atoms with Crippen molar-refractivity contribution in [3.05, 3.63) is 0 Å². The summed E-state index contributed by atoms with van der Waals surface area (Å²) in [5, 5.41) is 10.7. The Kier molecular flexibility index (Phi) is 73.7. The van der Waals surface area contributed by atoms with Gasteiger partial charge in [0.05, 0.1) is 26.4 Å². The molecule has 0 rings (SSSR count). The molecule has 0 aliphatic carbocycles. The summed E-state index contributed by atoms with van der Waals surface area (Å²) in [5.74, 6) is 0.247. The van der Waals surface area contributed by atoms with E-state index < -0.39 is 97.5 Å². The maximum atomic E-state index is 13.1. The highest BCUT2D eigenvalue weighted by Gasteiger charge is 2.30. The Morgan fingerprint density at radius 2 is 0.490 bits per heavy atom. The molecule has 0 saturated carbocycles. The second-order valence-corrected chi connectivity index (χ2v) is 34.7. The van der Waals surface area contributed by atoms with Crippen LogP contribution in [0.1, 0.15) is 447 Å². The molecule has 6 atom stereocenters. The van der Waals surface area contributed by atoms with Gasteiger partial charge in [-0.15, -0.1) is 0 Å². The lowest BCUT2D eigenvalue weighted by Crippen LogP contribution is -2.30. The number of carbonyl (C=O) groups excluding carboxylic acids is 4. The number of hydrogen-bond donors (Lipinski definition) is 3. The third kappa shape index (κ3) is 76.8. The number of aliphatic hydroxyl groups excluding tert-OH is 1. The van der Waals surface area contributed by atoms with E-state index in [-0.39, 0.29) is 25.7 Å². The maximum Gasteiger partial charge on any atom is 0.472 e. The first-order chi connectivity index (χ1) is 50.3. The van der Waals surface area contributed by atoms with Crippen molar-refractivity contribution in [2.24, 2.45) is 17.8 Å². The van der Waals surface area contributed by atoms with Crippen molar-refractivity contribution < 1.29 is 80.2 Å². The summed E-state index contributed by atoms with van der Waals surface area (Å²) in [5.41, 5.74) is 0. The summed E-state index contributed by atoms with van der Waals surface area (Å²) in [6.45, 7) is 12.0. The normalized spacial score (nSPS) is 14.2. The van der Waals surface area contributed by atoms with Crippen LogP contribution in [0.2, 0.25) is 0 Å². The van der Waals surface area contributed by atoms with Gasteiger partial charge in [0.15, 0.2) is 12.2 Å². The van der Waals surface area contributed by atoms with Crippen molar-refractivity contribution >= 4 is 39.5 Å². The molecule has 618 valence electrons. The molecule has 17 nitrogen and oxygen atoms in total. The molecule has 0 radical (unpaired) electrons. The van der Waals surface area contributed by atoms with Crippen LogP contribution in [0, 0.1) is 17.8 Å². The Balaban J connectivity index is 5.24. The molecule has 0 aliphatic rings. The van der Waals surface area contributed by atoms with Crippen molar-refractivity contribution in [3.8, 4) is 0 Å². The van der Waals surface area contributed by atoms with E-state index in [1.807, 2.05) is 0 Å². The van der Waals surface area contributed by atoms with Crippen LogP contribution in [0.5, 0.6) is 0 Å². The molecule has 19 heteroatoms. The van der Waals surface area contributed by atoms with Crippen LogP contribution in [0.15, 0.2) is 0 Å². The molecule has 0 aromatic rings. The number of phosphoric ester groups is 2. The number of ether oxygens (including phenoxy) is 4. The number of esters is 4. The van der Waals surface area contributed by atoms with Crippen molar-refractivity contribution in [1.82, 2.24) is 0 Å². The highest BCUT2D eigenvalue weighted by atomic mass is 31.2. The lowest BCUT2D eigenvalue weighted by atomic mass is 10.00. The first-order valence-corrected chi connectivity index (χ1v) is 46.9. The molecule has 0 spiro atoms. The quantitative estimate of drug-likeness (QED) is 0.0222. The van der Waals surface area contributed by atoms with Crippen LogP contribution in [-0.2, 0) is 65.4 Å². The number of phosphoric acid groups is 2. The standard InChI is InChI=1S/C85H166O17P2/c1-8-10-11-12-13-14-15-16-17-24-30-35-40-45-54-61-69-85(90)102-81(73-96-83(88)67-60-53-48-47-51-58-65-78(7)9-2)75-100-104(93,94)98-71-79(86)70-97-103(91,92)99-74-80(101-84(89)68-62-55-46-41-36-31-26-21-19-23-28-33-38-43-50-57-64-77(5)6)72-95-82(87)66-59-52-44-39-34-29-25-20-18-22-27-32-37-42-49-56-63-76(3)4/h76-81,86H,8-75H2,1-7H3,(H,91,92)(H,93,94)/t78?,79-,80-,81-/m1/s1. The summed E-state index contributed by atoms with van der Waals surface area (Å²) >= 11 is 0. The van der Waals surface area contributed by atoms with Crippen molar-refractivity contribution in [2.45, 2.75) is 465 Å². The van der Waals surface area contributed by atoms with Gasteiger partial charge in [0.2, 0.25) is 0 Å². The predicted molar refractivity (Wildman–Crippen MR) is 428 cm³/mol. The third-order valence-corrected chi connectivity index (χ3v) is 22.1. The molecule has 0 amide bonds. The van der Waals surface area contributed by atoms with Gasteiger partial charge in [0.25, 0.3) is 0 Å². The highest BCUT2D eigenvalue weighted by molar-refractivity contribution is 7.47. The minimum absolute atomic E-state index is 0.107. The number of aliphatic hydroxyl groups is 1. The van der Waals surface area contributed by atoms with E-state index in [0.717, 1.165) is 114 Å². The molecule has 0 saturated heterocycles. The molecule has 3 unspecified atom stereocenters. The maximum absolute atomic E-state index is 13.1. The Hall–Kier alpha value is -1.94. The lowest BCUT2D eigenvalue weighted by Gasteiger charge is -2.21. The third-order valence-electron chi connectivity index (χ3n) is 20.2. The average molecular weight is 1520 g/mol. The monoisotopic (exact) mass is 1520 g/mol. The zero-order chi connectivity index (χ0) is 76.5. The number of carbonyl (C=O) groups is 4. The van der Waals surface area contributed by atoms with Gasteiger partial charge in [-0.25, -0.2) is 9.13 Å². The van der Waals surface area contributed by atoms with Crippen molar-refractivity contribution in [2.75, 3.05) is 39.6 Å². The largest absolute Gasteiger partial charge is 0.472 e. The van der Waals surface area contributed by atoms with Crippen LogP contribution < -0.4 is 0 Å². The van der Waals surface area contributed by atoms with Gasteiger partial charge in [-0.1, -0.05) is 395 Å². The van der Waals surface area contributed by atoms with Crippen molar-refractivity contribution in [3.63, 3.8) is 0 Å². The first kappa shape index (κ1) is 102. The van der Waals surface area contributed by atoms with Crippen LogP contribution in [-0.4, -0.2) is 96.7 Å². The Morgan fingerprint density at radius 1 is 0.279 bits per heavy atom. The second kappa shape index (κ2) is 75.1. The van der Waals surface area contributed by atoms with E-state index >= 15 is 0 Å². The Labute approximate surface area is 638 Å². The van der Waals surface area contributed by atoms with E-state index in [2.05, 4.69) is 48.5 Å². The predicted octanol–water partition coefficient (Wildman–Crippen LogP) is 25.7. The summed E-state index contributed by atoms with van der Waals surface area (Å²) in [7, 11) is -9.93. The zero-order valence-electron chi connectivity index (χ0n) is 68.5. The SMILES string of the molecule is CCCCCCCCCCCCCCCCCCC(=O)O[C@H](COC(=O)CCCCCCCCC(C)CC)COP(=O)(O)OC[C@H](O)COP(=O)(O)OC[C@@H](COC(=O)CCCCCCCCCCCCCCCCCCC(C)C)OC(=O)CCCCCCCCCCCCCCCCCCC(C)C. The first-order valence-electron chi connectivity index (χ1n) is 43.9. The average Bonchev–Trinajstić information content (AvgIpc) is 0.903. The minimum atomic E-state index is -4.97. The van der Waals surface area contributed by atoms with Gasteiger partial charge in [-0.3, -0.25) is 37.3 Å². The Morgan fingerprint density at radius 3 is 0.731 bits per heavy atom. The molecule has 0 aromatic heterocycles. The van der Waals surface area contributed by atoms with Crippen LogP contribution >= 0.6 is 15.6 Å². The lowest BCUT2D eigenvalue weighted by molar-refractivity contribution is -0.161.